The molecule has 0 spiro atoms. The molecule has 0 aliphatic rings. The molecule has 2 aromatic rings. The molecule has 0 heterocycles. The molecule has 0 aliphatic carbocycles. The number of nitriles is 1. The van der Waals surface area contributed by atoms with Crippen molar-refractivity contribution in [1.82, 2.24) is 0 Å². The van der Waals surface area contributed by atoms with Crippen molar-refractivity contribution in [2.75, 3.05) is 6.61 Å². The number of unbranched alkanes of at least 4 members (excludes halogenated alkanes) is 1. The van der Waals surface area contributed by atoms with Gasteiger partial charge in [-0.2, -0.15) is 14.0 Å². The number of halogens is 2. The number of benzene rings is 2. The highest BCUT2D eigenvalue weighted by molar-refractivity contribution is 5.85. The molecule has 0 radical (unpaired) electrons. The Labute approximate surface area is 155 Å². The molecular formula is C20H17F2NO4. The monoisotopic (exact) mass is 373 g/mol. The predicted octanol–water partition coefficient (Wildman–Crippen LogP) is 4.60. The summed E-state index contributed by atoms with van der Waals surface area (Å²) in [5, 5.41) is 17.0. The molecule has 1 N–H and O–H groups in total. The van der Waals surface area contributed by atoms with Gasteiger partial charge >= 0.3 is 12.1 Å². The van der Waals surface area contributed by atoms with Crippen LogP contribution in [0.3, 0.4) is 0 Å². The van der Waals surface area contributed by atoms with Crippen molar-refractivity contribution in [1.29, 1.82) is 5.26 Å². The summed E-state index contributed by atoms with van der Waals surface area (Å²) >= 11 is 0. The molecule has 2 rings (SSSR count). The van der Waals surface area contributed by atoms with E-state index in [9.17, 15) is 13.6 Å². The van der Waals surface area contributed by atoms with Crippen LogP contribution in [0, 0.1) is 11.3 Å². The zero-order valence-electron chi connectivity index (χ0n) is 14.3. The maximum Gasteiger partial charge on any atom is 0.426 e. The molecule has 27 heavy (non-hydrogen) atoms. The third-order valence-corrected chi connectivity index (χ3v) is 3.44. The third kappa shape index (κ3) is 6.44. The second-order valence-electron chi connectivity index (χ2n) is 5.49. The topological polar surface area (TPSA) is 79.5 Å². The molecule has 140 valence electrons. The first-order valence-corrected chi connectivity index (χ1v) is 8.09. The van der Waals surface area contributed by atoms with Crippen molar-refractivity contribution in [2.45, 2.75) is 19.0 Å². The van der Waals surface area contributed by atoms with Gasteiger partial charge in [-0.25, -0.2) is 4.79 Å². The lowest BCUT2D eigenvalue weighted by atomic mass is 10.1. The molecule has 0 aromatic heterocycles. The molecular weight excluding hydrogens is 356 g/mol. The number of rotatable bonds is 9. The molecule has 0 amide bonds. The third-order valence-electron chi connectivity index (χ3n) is 3.44. The van der Waals surface area contributed by atoms with Crippen LogP contribution in [0.4, 0.5) is 8.78 Å². The van der Waals surface area contributed by atoms with Gasteiger partial charge < -0.3 is 14.6 Å². The van der Waals surface area contributed by atoms with Crippen LogP contribution >= 0.6 is 0 Å². The molecule has 0 aliphatic heterocycles. The molecule has 0 unspecified atom stereocenters. The summed E-state index contributed by atoms with van der Waals surface area (Å²) < 4.78 is 38.7. The Morgan fingerprint density at radius 3 is 2.33 bits per heavy atom. The number of nitrogens with zero attached hydrogens (tertiary/aromatic N) is 1. The summed E-state index contributed by atoms with van der Waals surface area (Å²) in [7, 11) is 0. The van der Waals surface area contributed by atoms with Crippen molar-refractivity contribution in [3.8, 4) is 17.6 Å². The van der Waals surface area contributed by atoms with Gasteiger partial charge in [0.2, 0.25) is 0 Å². The summed E-state index contributed by atoms with van der Waals surface area (Å²) in [5.74, 6) is -0.650. The van der Waals surface area contributed by atoms with Gasteiger partial charge in [-0.15, -0.1) is 0 Å². The first-order valence-electron chi connectivity index (χ1n) is 8.09. The van der Waals surface area contributed by atoms with Gasteiger partial charge in [0.15, 0.2) is 0 Å². The van der Waals surface area contributed by atoms with Gasteiger partial charge in [0, 0.05) is 12.5 Å². The molecule has 5 nitrogen and oxygen atoms in total. The second kappa shape index (κ2) is 9.34. The quantitative estimate of drug-likeness (QED) is 0.513. The van der Waals surface area contributed by atoms with E-state index in [1.165, 1.54) is 54.6 Å². The van der Waals surface area contributed by atoms with Gasteiger partial charge in [-0.05, 0) is 54.5 Å². The Kier molecular flexibility index (Phi) is 6.89. The molecule has 0 saturated carbocycles. The summed E-state index contributed by atoms with van der Waals surface area (Å²) in [6, 6.07) is 12.9. The minimum absolute atomic E-state index is 0.0285. The molecule has 0 saturated heterocycles. The van der Waals surface area contributed by atoms with Gasteiger partial charge in [-0.3, -0.25) is 0 Å². The van der Waals surface area contributed by atoms with Crippen LogP contribution in [0.25, 0.3) is 6.08 Å². The number of ether oxygens (including phenoxy) is 2. The minimum Gasteiger partial charge on any atom is -0.494 e. The highest BCUT2D eigenvalue weighted by atomic mass is 19.3. The Morgan fingerprint density at radius 2 is 1.74 bits per heavy atom. The van der Waals surface area contributed by atoms with E-state index in [4.69, 9.17) is 19.8 Å². The molecule has 0 atom stereocenters. The van der Waals surface area contributed by atoms with Crippen LogP contribution in [-0.4, -0.2) is 17.7 Å². The highest BCUT2D eigenvalue weighted by Gasteiger charge is 2.34. The molecule has 0 fully saturated rings. The summed E-state index contributed by atoms with van der Waals surface area (Å²) in [4.78, 5) is 10.5. The van der Waals surface area contributed by atoms with Gasteiger partial charge in [-0.1, -0.05) is 12.1 Å². The van der Waals surface area contributed by atoms with Crippen molar-refractivity contribution in [3.05, 3.63) is 65.7 Å². The van der Waals surface area contributed by atoms with Gasteiger partial charge in [0.1, 0.15) is 11.5 Å². The number of carboxylic acid groups (broad SMARTS) is 1. The SMILES string of the molecule is N#CCCCOc1ccc(OC(F)(F)c2ccc(C=CC(=O)O)cc2)cc1. The fourth-order valence-corrected chi connectivity index (χ4v) is 2.11. The number of hydrogen-bond donors (Lipinski definition) is 1. The van der Waals surface area contributed by atoms with Crippen LogP contribution < -0.4 is 9.47 Å². The van der Waals surface area contributed by atoms with E-state index in [2.05, 4.69) is 0 Å². The average Bonchev–Trinajstić information content (AvgIpc) is 2.65. The molecule has 0 bridgehead atoms. The Bertz CT molecular complexity index is 825. The van der Waals surface area contributed by atoms with Gasteiger partial charge in [0.25, 0.3) is 0 Å². The van der Waals surface area contributed by atoms with Crippen molar-refractivity contribution >= 4 is 12.0 Å². The van der Waals surface area contributed by atoms with E-state index in [0.29, 0.717) is 30.8 Å². The van der Waals surface area contributed by atoms with E-state index >= 15 is 0 Å². The largest absolute Gasteiger partial charge is 0.494 e. The lowest BCUT2D eigenvalue weighted by molar-refractivity contribution is -0.185. The lowest BCUT2D eigenvalue weighted by Gasteiger charge is -2.18. The normalized spacial score (nSPS) is 11.1. The summed E-state index contributed by atoms with van der Waals surface area (Å²) in [6.45, 7) is 0.368. The number of carbonyl (C=O) groups is 1. The number of alkyl halides is 2. The fourth-order valence-electron chi connectivity index (χ4n) is 2.11. The first-order chi connectivity index (χ1) is 12.9. The maximum atomic E-state index is 14.3. The number of hydrogen-bond acceptors (Lipinski definition) is 4. The number of carboxylic acids is 1. The zero-order chi connectivity index (χ0) is 19.7. The van der Waals surface area contributed by atoms with E-state index < -0.39 is 12.1 Å². The van der Waals surface area contributed by atoms with Crippen molar-refractivity contribution in [2.24, 2.45) is 0 Å². The van der Waals surface area contributed by atoms with Crippen LogP contribution in [0.1, 0.15) is 24.0 Å². The first kappa shape index (κ1) is 19.9. The van der Waals surface area contributed by atoms with E-state index in [-0.39, 0.29) is 11.3 Å². The fraction of sp³-hybridized carbons (Fsp3) is 0.200. The van der Waals surface area contributed by atoms with Gasteiger partial charge in [0.05, 0.1) is 18.2 Å². The summed E-state index contributed by atoms with van der Waals surface area (Å²) in [6.07, 6.45) is -0.346. The molecule has 2 aromatic carbocycles. The smallest absolute Gasteiger partial charge is 0.426 e. The number of aliphatic carboxylic acids is 1. The van der Waals surface area contributed by atoms with E-state index in [1.54, 1.807) is 0 Å². The van der Waals surface area contributed by atoms with E-state index in [1.807, 2.05) is 6.07 Å². The van der Waals surface area contributed by atoms with Crippen LogP contribution in [-0.2, 0) is 10.9 Å². The predicted molar refractivity (Wildman–Crippen MR) is 94.4 cm³/mol. The van der Waals surface area contributed by atoms with Crippen molar-refractivity contribution in [3.63, 3.8) is 0 Å². The summed E-state index contributed by atoms with van der Waals surface area (Å²) in [5.41, 5.74) is 0.127. The Balaban J connectivity index is 1.98. The molecule has 7 heteroatoms. The Hall–Kier alpha value is -3.40. The van der Waals surface area contributed by atoms with E-state index in [0.717, 1.165) is 6.08 Å². The van der Waals surface area contributed by atoms with Crippen LogP contribution in [0.2, 0.25) is 0 Å². The standard InChI is InChI=1S/C20H17F2NO4/c21-20(22,16-6-3-15(4-7-16)5-12-19(24)25)27-18-10-8-17(9-11-18)26-14-2-1-13-23/h3-12H,1-2,14H2,(H,24,25). The highest BCUT2D eigenvalue weighted by Crippen LogP contribution is 2.32. The van der Waals surface area contributed by atoms with Crippen molar-refractivity contribution < 1.29 is 28.2 Å². The zero-order valence-corrected chi connectivity index (χ0v) is 14.3. The average molecular weight is 373 g/mol. The minimum atomic E-state index is -3.55. The Morgan fingerprint density at radius 1 is 1.11 bits per heavy atom. The van der Waals surface area contributed by atoms with Crippen LogP contribution in [0.15, 0.2) is 54.6 Å². The lowest BCUT2D eigenvalue weighted by Crippen LogP contribution is -2.21. The maximum absolute atomic E-state index is 14.3. The second-order valence-corrected chi connectivity index (χ2v) is 5.49. The van der Waals surface area contributed by atoms with Crippen LogP contribution in [0.5, 0.6) is 11.5 Å².